The van der Waals surface area contributed by atoms with E-state index < -0.39 is 13.9 Å². The number of carbonyl (C=O) groups excluding carboxylic acids is 1. The van der Waals surface area contributed by atoms with Crippen molar-refractivity contribution in [2.45, 2.75) is 168 Å². The first kappa shape index (κ1) is 44.0. The molecule has 0 aromatic rings. The fourth-order valence-electron chi connectivity index (χ4n) is 4.91. The second-order valence-electron chi connectivity index (χ2n) is 12.1. The maximum Gasteiger partial charge on any atom is 0.472 e. The molecule has 266 valence electrons. The number of ether oxygens (including phenoxy) is 2. The summed E-state index contributed by atoms with van der Waals surface area (Å²) in [5.74, 6) is -0.344. The van der Waals surface area contributed by atoms with Gasteiger partial charge in [0.2, 0.25) is 0 Å². The third-order valence-corrected chi connectivity index (χ3v) is 8.61. The number of carbonyl (C=O) groups is 1. The zero-order valence-corrected chi connectivity index (χ0v) is 30.0. The third kappa shape index (κ3) is 34.1. The summed E-state index contributed by atoms with van der Waals surface area (Å²) < 4.78 is 33.2. The monoisotopic (exact) mass is 659 g/mol. The van der Waals surface area contributed by atoms with E-state index >= 15 is 0 Å². The zero-order chi connectivity index (χ0) is 33.1. The number of phosphoric acid groups is 1. The smallest absolute Gasteiger partial charge is 0.457 e. The third-order valence-electron chi connectivity index (χ3n) is 7.62. The number of rotatable bonds is 35. The molecule has 2 atom stereocenters. The van der Waals surface area contributed by atoms with E-state index in [-0.39, 0.29) is 32.3 Å². The normalized spacial score (nSPS) is 14.0. The average molecular weight is 660 g/mol. The summed E-state index contributed by atoms with van der Waals surface area (Å²) in [7, 11) is -4.27. The van der Waals surface area contributed by atoms with E-state index in [0.29, 0.717) is 13.0 Å². The van der Waals surface area contributed by atoms with Crippen LogP contribution in [0.3, 0.4) is 0 Å². The molecule has 0 amide bonds. The summed E-state index contributed by atoms with van der Waals surface area (Å²) in [5.41, 5.74) is 5.34. The van der Waals surface area contributed by atoms with Crippen molar-refractivity contribution in [3.63, 3.8) is 0 Å². The fraction of sp³-hybridized carbons (Fsp3) is 0.861. The molecule has 3 N–H and O–H groups in total. The van der Waals surface area contributed by atoms with Gasteiger partial charge in [-0.05, 0) is 44.9 Å². The predicted molar refractivity (Wildman–Crippen MR) is 187 cm³/mol. The van der Waals surface area contributed by atoms with Crippen molar-refractivity contribution in [3.05, 3.63) is 24.3 Å². The van der Waals surface area contributed by atoms with Crippen molar-refractivity contribution >= 4 is 13.8 Å². The Kier molecular flexibility index (Phi) is 33.5. The molecule has 0 heterocycles. The minimum Gasteiger partial charge on any atom is -0.457 e. The van der Waals surface area contributed by atoms with Gasteiger partial charge in [-0.25, -0.2) is 4.57 Å². The Balaban J connectivity index is 4.13. The molecule has 0 saturated heterocycles. The number of allylic oxidation sites excluding steroid dienone is 4. The summed E-state index contributed by atoms with van der Waals surface area (Å²) in [5, 5.41) is 0. The highest BCUT2D eigenvalue weighted by Gasteiger charge is 2.25. The predicted octanol–water partition coefficient (Wildman–Crippen LogP) is 10.1. The Morgan fingerprint density at radius 2 is 1.18 bits per heavy atom. The first-order valence-corrected chi connectivity index (χ1v) is 19.8. The Labute approximate surface area is 276 Å². The van der Waals surface area contributed by atoms with Crippen LogP contribution >= 0.6 is 7.82 Å². The highest BCUT2D eigenvalue weighted by Crippen LogP contribution is 2.43. The second-order valence-corrected chi connectivity index (χ2v) is 13.5. The van der Waals surface area contributed by atoms with E-state index in [1.54, 1.807) is 0 Å². The van der Waals surface area contributed by atoms with Gasteiger partial charge in [0.05, 0.1) is 19.8 Å². The molecule has 45 heavy (non-hydrogen) atoms. The number of phosphoric ester groups is 1. The van der Waals surface area contributed by atoms with Crippen LogP contribution in [0, 0.1) is 0 Å². The van der Waals surface area contributed by atoms with Crippen molar-refractivity contribution in [2.24, 2.45) is 5.73 Å². The topological polar surface area (TPSA) is 117 Å². The van der Waals surface area contributed by atoms with Gasteiger partial charge in [0.15, 0.2) is 0 Å². The van der Waals surface area contributed by atoms with Crippen LogP contribution in [-0.2, 0) is 27.9 Å². The standard InChI is InChI=1S/C36H70NO7P/c1-3-5-7-9-11-13-15-16-17-18-19-21-23-25-27-29-36(38)44-35(34-43-45(39,40)42-32-30-37)33-41-31-28-26-24-22-20-14-12-10-8-6-4-2/h11,13,16-17,35H,3-10,12,14-15,18-34,37H2,1-2H3,(H,39,40)/b13-11-,17-16-. The van der Waals surface area contributed by atoms with E-state index in [0.717, 1.165) is 57.8 Å². The van der Waals surface area contributed by atoms with Crippen LogP contribution in [0.4, 0.5) is 0 Å². The van der Waals surface area contributed by atoms with Gasteiger partial charge in [0, 0.05) is 19.6 Å². The fourth-order valence-corrected chi connectivity index (χ4v) is 5.67. The SMILES string of the molecule is CCCCC/C=C\C/C=C\CCCCCCCC(=O)OC(COCCCCCCCCCCCCC)COP(=O)(O)OCCN. The molecule has 0 aromatic carbocycles. The van der Waals surface area contributed by atoms with Gasteiger partial charge in [0.1, 0.15) is 6.10 Å². The minimum atomic E-state index is -4.27. The molecular weight excluding hydrogens is 589 g/mol. The number of hydrogen-bond donors (Lipinski definition) is 2. The lowest BCUT2D eigenvalue weighted by Gasteiger charge is -2.20. The van der Waals surface area contributed by atoms with Gasteiger partial charge >= 0.3 is 13.8 Å². The van der Waals surface area contributed by atoms with Gasteiger partial charge in [-0.1, -0.05) is 134 Å². The van der Waals surface area contributed by atoms with Crippen LogP contribution < -0.4 is 5.73 Å². The Hall–Kier alpha value is -1.02. The zero-order valence-electron chi connectivity index (χ0n) is 29.1. The lowest BCUT2D eigenvalue weighted by Crippen LogP contribution is -2.28. The molecule has 8 nitrogen and oxygen atoms in total. The van der Waals surface area contributed by atoms with Crippen LogP contribution in [0.15, 0.2) is 24.3 Å². The molecule has 0 fully saturated rings. The molecule has 0 spiro atoms. The Bertz CT molecular complexity index is 747. The van der Waals surface area contributed by atoms with Crippen LogP contribution in [0.5, 0.6) is 0 Å². The van der Waals surface area contributed by atoms with Gasteiger partial charge in [0.25, 0.3) is 0 Å². The van der Waals surface area contributed by atoms with Crippen molar-refractivity contribution in [2.75, 3.05) is 33.0 Å². The summed E-state index contributed by atoms with van der Waals surface area (Å²) in [6.07, 6.45) is 34.7. The van der Waals surface area contributed by atoms with Crippen molar-refractivity contribution in [1.29, 1.82) is 0 Å². The Morgan fingerprint density at radius 1 is 0.667 bits per heavy atom. The first-order valence-electron chi connectivity index (χ1n) is 18.3. The van der Waals surface area contributed by atoms with Gasteiger partial charge < -0.3 is 20.1 Å². The van der Waals surface area contributed by atoms with E-state index in [4.69, 9.17) is 24.3 Å². The molecule has 2 unspecified atom stereocenters. The number of hydrogen-bond acceptors (Lipinski definition) is 7. The minimum absolute atomic E-state index is 0.0968. The van der Waals surface area contributed by atoms with Gasteiger partial charge in [-0.3, -0.25) is 13.8 Å². The summed E-state index contributed by atoms with van der Waals surface area (Å²) in [6, 6.07) is 0. The lowest BCUT2D eigenvalue weighted by atomic mass is 10.1. The molecule has 0 saturated carbocycles. The van der Waals surface area contributed by atoms with Crippen molar-refractivity contribution < 1.29 is 32.8 Å². The molecule has 0 aliphatic heterocycles. The lowest BCUT2D eigenvalue weighted by molar-refractivity contribution is -0.154. The highest BCUT2D eigenvalue weighted by atomic mass is 31.2. The average Bonchev–Trinajstić information content (AvgIpc) is 3.02. The van der Waals surface area contributed by atoms with Crippen LogP contribution in [0.2, 0.25) is 0 Å². The molecular formula is C36H70NO7P. The Morgan fingerprint density at radius 3 is 1.78 bits per heavy atom. The van der Waals surface area contributed by atoms with Gasteiger partial charge in [-0.15, -0.1) is 0 Å². The van der Waals surface area contributed by atoms with Crippen molar-refractivity contribution in [3.8, 4) is 0 Å². The molecule has 0 aliphatic carbocycles. The van der Waals surface area contributed by atoms with Crippen LogP contribution in [-0.4, -0.2) is 49.9 Å². The van der Waals surface area contributed by atoms with E-state index in [1.807, 2.05) is 0 Å². The van der Waals surface area contributed by atoms with Crippen molar-refractivity contribution in [1.82, 2.24) is 0 Å². The summed E-state index contributed by atoms with van der Waals surface area (Å²) >= 11 is 0. The maximum absolute atomic E-state index is 12.5. The molecule has 0 radical (unpaired) electrons. The first-order chi connectivity index (χ1) is 21.9. The number of nitrogens with two attached hydrogens (primary N) is 1. The van der Waals surface area contributed by atoms with E-state index in [1.165, 1.54) is 83.5 Å². The quantitative estimate of drug-likeness (QED) is 0.0299. The molecule has 9 heteroatoms. The molecule has 0 aliphatic rings. The van der Waals surface area contributed by atoms with Crippen LogP contribution in [0.25, 0.3) is 0 Å². The van der Waals surface area contributed by atoms with Gasteiger partial charge in [-0.2, -0.15) is 0 Å². The number of esters is 1. The summed E-state index contributed by atoms with van der Waals surface area (Å²) in [6.45, 7) is 4.87. The molecule has 0 bridgehead atoms. The second kappa shape index (κ2) is 34.3. The molecule has 0 rings (SSSR count). The van der Waals surface area contributed by atoms with E-state index in [2.05, 4.69) is 38.2 Å². The largest absolute Gasteiger partial charge is 0.472 e. The molecule has 0 aromatic heterocycles. The maximum atomic E-state index is 12.5. The highest BCUT2D eigenvalue weighted by molar-refractivity contribution is 7.47. The van der Waals surface area contributed by atoms with E-state index in [9.17, 15) is 14.3 Å². The van der Waals surface area contributed by atoms with Crippen LogP contribution in [0.1, 0.15) is 162 Å². The summed E-state index contributed by atoms with van der Waals surface area (Å²) in [4.78, 5) is 22.3. The number of unbranched alkanes of at least 4 members (excludes halogenated alkanes) is 18.